The van der Waals surface area contributed by atoms with E-state index in [2.05, 4.69) is 20.6 Å². The van der Waals surface area contributed by atoms with E-state index in [1.807, 2.05) is 6.92 Å². The molecule has 2 aliphatic heterocycles. The normalized spacial score (nSPS) is 16.9. The number of aromatic nitrogens is 2. The van der Waals surface area contributed by atoms with Gasteiger partial charge in [0.1, 0.15) is 30.0 Å². The van der Waals surface area contributed by atoms with Crippen LogP contribution in [0.4, 0.5) is 20.7 Å². The molecule has 2 aromatic heterocycles. The lowest BCUT2D eigenvalue weighted by Gasteiger charge is -2.25. The number of hydrogen-bond acceptors (Lipinski definition) is 8. The predicted octanol–water partition coefficient (Wildman–Crippen LogP) is 2.89. The average Bonchev–Trinajstić information content (AvgIpc) is 2.73. The van der Waals surface area contributed by atoms with E-state index in [0.717, 1.165) is 11.3 Å². The Morgan fingerprint density at radius 2 is 2.00 bits per heavy atom. The maximum atomic E-state index is 14.9. The Morgan fingerprint density at radius 1 is 1.19 bits per heavy atom. The lowest BCUT2D eigenvalue weighted by Crippen LogP contribution is -2.45. The topological polar surface area (TPSA) is 120 Å². The highest BCUT2D eigenvalue weighted by molar-refractivity contribution is 7.92. The quantitative estimate of drug-likeness (QED) is 0.615. The van der Waals surface area contributed by atoms with Crippen molar-refractivity contribution in [2.75, 3.05) is 35.3 Å². The Hall–Kier alpha value is -3.47. The number of amides is 1. The number of anilines is 2. The van der Waals surface area contributed by atoms with Gasteiger partial charge < -0.3 is 14.8 Å². The molecule has 0 bridgehead atoms. The van der Waals surface area contributed by atoms with Crippen LogP contribution < -0.4 is 15.4 Å². The zero-order chi connectivity index (χ0) is 22.5. The van der Waals surface area contributed by atoms with Gasteiger partial charge in [0.05, 0.1) is 11.5 Å². The zero-order valence-electron chi connectivity index (χ0n) is 17.0. The molecule has 0 atom stereocenters. The minimum atomic E-state index is -3.10. The molecule has 0 aliphatic carbocycles. The van der Waals surface area contributed by atoms with E-state index in [1.165, 1.54) is 12.3 Å². The Morgan fingerprint density at radius 3 is 2.78 bits per heavy atom. The van der Waals surface area contributed by atoms with Gasteiger partial charge in [-0.05, 0) is 36.1 Å². The lowest BCUT2D eigenvalue weighted by atomic mass is 9.98. The number of ether oxygens (including phenoxy) is 2. The van der Waals surface area contributed by atoms with Crippen LogP contribution in [-0.4, -0.2) is 55.2 Å². The summed E-state index contributed by atoms with van der Waals surface area (Å²) < 4.78 is 47.9. The number of nitrogens with zero attached hydrogens (tertiary/aromatic N) is 2. The molecule has 11 heteroatoms. The molecule has 5 rings (SSSR count). The third-order valence-corrected chi connectivity index (χ3v) is 7.19. The molecule has 0 radical (unpaired) electrons. The summed E-state index contributed by atoms with van der Waals surface area (Å²) in [5.41, 5.74) is 2.54. The van der Waals surface area contributed by atoms with Crippen molar-refractivity contribution in [3.05, 3.63) is 42.0 Å². The fraction of sp³-hybridized carbons (Fsp3) is 0.286. The first kappa shape index (κ1) is 20.4. The summed E-state index contributed by atoms with van der Waals surface area (Å²) in [5.74, 6) is -0.0817. The van der Waals surface area contributed by atoms with Gasteiger partial charge in [0.25, 0.3) is 0 Å². The van der Waals surface area contributed by atoms with E-state index in [1.54, 1.807) is 18.3 Å². The van der Waals surface area contributed by atoms with Crippen LogP contribution in [0.25, 0.3) is 21.9 Å². The number of rotatable bonds is 3. The van der Waals surface area contributed by atoms with Gasteiger partial charge in [-0.15, -0.1) is 0 Å². The molecule has 1 amide bonds. The van der Waals surface area contributed by atoms with Crippen molar-refractivity contribution in [3.63, 3.8) is 0 Å². The molecule has 1 aromatic carbocycles. The van der Waals surface area contributed by atoms with Crippen LogP contribution in [0.15, 0.2) is 30.6 Å². The number of nitrogens with one attached hydrogen (secondary N) is 2. The minimum Gasteiger partial charge on any atom is -0.474 e. The van der Waals surface area contributed by atoms with Crippen LogP contribution >= 0.6 is 0 Å². The van der Waals surface area contributed by atoms with Gasteiger partial charge in [0.15, 0.2) is 9.84 Å². The largest absolute Gasteiger partial charge is 0.474 e. The predicted molar refractivity (Wildman–Crippen MR) is 116 cm³/mol. The van der Waals surface area contributed by atoms with Crippen molar-refractivity contribution >= 4 is 38.2 Å². The first-order chi connectivity index (χ1) is 15.3. The molecule has 0 spiro atoms. The Kier molecular flexibility index (Phi) is 4.85. The molecule has 1 saturated heterocycles. The van der Waals surface area contributed by atoms with Crippen LogP contribution in [0.1, 0.15) is 5.56 Å². The summed E-state index contributed by atoms with van der Waals surface area (Å²) in [7, 11) is -3.10. The van der Waals surface area contributed by atoms with Gasteiger partial charge in [-0.3, -0.25) is 5.32 Å². The van der Waals surface area contributed by atoms with Gasteiger partial charge in [0.2, 0.25) is 5.88 Å². The van der Waals surface area contributed by atoms with Crippen molar-refractivity contribution in [3.8, 4) is 17.0 Å². The highest BCUT2D eigenvalue weighted by Crippen LogP contribution is 2.37. The molecule has 2 N–H and O–H groups in total. The number of fused-ring (bicyclic) bond motifs is 2. The Labute approximate surface area is 182 Å². The second kappa shape index (κ2) is 7.59. The molecule has 9 nitrogen and oxygen atoms in total. The molecule has 32 heavy (non-hydrogen) atoms. The smallest absolute Gasteiger partial charge is 0.413 e. The first-order valence-electron chi connectivity index (χ1n) is 9.93. The fourth-order valence-corrected chi connectivity index (χ4v) is 4.98. The lowest BCUT2D eigenvalue weighted by molar-refractivity contribution is 0.125. The highest BCUT2D eigenvalue weighted by atomic mass is 32.2. The van der Waals surface area contributed by atoms with Crippen molar-refractivity contribution in [1.82, 2.24) is 9.97 Å². The Balaban J connectivity index is 1.43. The van der Waals surface area contributed by atoms with Gasteiger partial charge in [-0.2, -0.15) is 0 Å². The molecule has 0 unspecified atom stereocenters. The number of benzene rings is 1. The number of carbonyl (C=O) groups excluding carboxylic acids is 1. The van der Waals surface area contributed by atoms with E-state index < -0.39 is 27.9 Å². The third-order valence-electron chi connectivity index (χ3n) is 5.43. The standard InChI is InChI=1S/C21H19FN4O5S/c1-11-16(8-25-20-19(11)23-2-3-30-20)15-4-12-6-18(24-7-13(12)5-17(15)22)26-21(27)31-14-9-32(28,29)10-14/h4-8,14,23H,2-3,9-10H2,1H3,(H,24,26,27). The van der Waals surface area contributed by atoms with Crippen molar-refractivity contribution < 1.29 is 27.1 Å². The SMILES string of the molecule is Cc1c(-c2cc3cc(NC(=O)OC4CS(=O)(=O)C4)ncc3cc2F)cnc2c1NCCO2. The number of pyridine rings is 2. The number of hydrogen-bond donors (Lipinski definition) is 2. The van der Waals surface area contributed by atoms with Crippen LogP contribution in [0.3, 0.4) is 0 Å². The van der Waals surface area contributed by atoms with Gasteiger partial charge in [-0.1, -0.05) is 0 Å². The van der Waals surface area contributed by atoms with Crippen LogP contribution in [0.2, 0.25) is 0 Å². The highest BCUT2D eigenvalue weighted by Gasteiger charge is 2.36. The monoisotopic (exact) mass is 458 g/mol. The van der Waals surface area contributed by atoms with Gasteiger partial charge >= 0.3 is 6.09 Å². The first-order valence-corrected chi connectivity index (χ1v) is 11.8. The molecular weight excluding hydrogens is 439 g/mol. The molecule has 4 heterocycles. The number of carbonyl (C=O) groups is 1. The van der Waals surface area contributed by atoms with E-state index >= 15 is 0 Å². The van der Waals surface area contributed by atoms with Crippen LogP contribution in [0.5, 0.6) is 5.88 Å². The van der Waals surface area contributed by atoms with E-state index in [-0.39, 0.29) is 17.3 Å². The van der Waals surface area contributed by atoms with E-state index in [9.17, 15) is 17.6 Å². The summed E-state index contributed by atoms with van der Waals surface area (Å²) in [6, 6.07) is 4.64. The second-order valence-electron chi connectivity index (χ2n) is 7.73. The molecule has 166 valence electrons. The number of sulfone groups is 1. The van der Waals surface area contributed by atoms with E-state index in [4.69, 9.17) is 9.47 Å². The Bertz CT molecular complexity index is 1350. The fourth-order valence-electron chi connectivity index (χ4n) is 3.80. The summed E-state index contributed by atoms with van der Waals surface area (Å²) in [6.07, 6.45) is 1.58. The van der Waals surface area contributed by atoms with Crippen molar-refractivity contribution in [2.24, 2.45) is 0 Å². The average molecular weight is 458 g/mol. The summed E-state index contributed by atoms with van der Waals surface area (Å²) in [4.78, 5) is 20.4. The summed E-state index contributed by atoms with van der Waals surface area (Å²) in [5, 5.41) is 6.93. The maximum absolute atomic E-state index is 14.9. The van der Waals surface area contributed by atoms with Crippen LogP contribution in [-0.2, 0) is 14.6 Å². The maximum Gasteiger partial charge on any atom is 0.413 e. The van der Waals surface area contributed by atoms with Crippen LogP contribution in [0, 0.1) is 12.7 Å². The number of halogens is 1. The third kappa shape index (κ3) is 3.79. The zero-order valence-corrected chi connectivity index (χ0v) is 17.8. The second-order valence-corrected chi connectivity index (χ2v) is 9.88. The molecular formula is C21H19FN4O5S. The van der Waals surface area contributed by atoms with Crippen molar-refractivity contribution in [1.29, 1.82) is 0 Å². The van der Waals surface area contributed by atoms with Crippen molar-refractivity contribution in [2.45, 2.75) is 13.0 Å². The molecule has 2 aliphatic rings. The van der Waals surface area contributed by atoms with E-state index in [0.29, 0.717) is 40.9 Å². The molecule has 3 aromatic rings. The minimum absolute atomic E-state index is 0.178. The summed E-state index contributed by atoms with van der Waals surface area (Å²) in [6.45, 7) is 3.03. The van der Waals surface area contributed by atoms with Gasteiger partial charge in [-0.25, -0.2) is 27.6 Å². The van der Waals surface area contributed by atoms with Gasteiger partial charge in [0, 0.05) is 35.5 Å². The molecule has 0 saturated carbocycles. The molecule has 1 fully saturated rings. The summed E-state index contributed by atoms with van der Waals surface area (Å²) >= 11 is 0.